The molecule has 0 aromatic heterocycles. The van der Waals surface area contributed by atoms with Crippen LogP contribution in [0.25, 0.3) is 0 Å². The average molecular weight is 574 g/mol. The molecule has 3 aliphatic rings. The molecule has 2 saturated heterocycles. The molecule has 0 bridgehead atoms. The second-order valence-corrected chi connectivity index (χ2v) is 8.89. The van der Waals surface area contributed by atoms with E-state index in [4.69, 9.17) is 0 Å². The number of piperazine rings is 1. The van der Waals surface area contributed by atoms with Crippen LogP contribution in [0.15, 0.2) is 4.99 Å². The molecule has 1 aliphatic carbocycles. The van der Waals surface area contributed by atoms with Gasteiger partial charge in [0.15, 0.2) is 5.96 Å². The number of nitrogens with one attached hydrogen (secondary N) is 2. The highest BCUT2D eigenvalue weighted by atomic mass is 127. The van der Waals surface area contributed by atoms with Crippen molar-refractivity contribution < 1.29 is 18.0 Å². The lowest BCUT2D eigenvalue weighted by atomic mass is 10.1. The van der Waals surface area contributed by atoms with Gasteiger partial charge in [-0.2, -0.15) is 13.2 Å². The van der Waals surface area contributed by atoms with Crippen molar-refractivity contribution in [1.29, 1.82) is 0 Å². The fourth-order valence-corrected chi connectivity index (χ4v) is 4.79. The average Bonchev–Trinajstić information content (AvgIpc) is 3.39. The zero-order chi connectivity index (χ0) is 22.3. The third-order valence-corrected chi connectivity index (χ3v) is 6.43. The Morgan fingerprint density at radius 2 is 1.72 bits per heavy atom. The molecular formula is C21H38F3IN6O. The Bertz CT molecular complexity index is 607. The third-order valence-electron chi connectivity index (χ3n) is 6.43. The minimum atomic E-state index is -4.15. The maximum absolute atomic E-state index is 12.6. The number of guanidine groups is 1. The summed E-state index contributed by atoms with van der Waals surface area (Å²) in [7, 11) is 0. The molecule has 0 aromatic carbocycles. The number of alkyl halides is 3. The summed E-state index contributed by atoms with van der Waals surface area (Å²) >= 11 is 0. The van der Waals surface area contributed by atoms with Gasteiger partial charge in [0.1, 0.15) is 0 Å². The lowest BCUT2D eigenvalue weighted by Crippen LogP contribution is -2.50. The molecule has 1 unspecified atom stereocenters. The predicted octanol–water partition coefficient (Wildman–Crippen LogP) is 2.13. The van der Waals surface area contributed by atoms with Gasteiger partial charge < -0.3 is 15.5 Å². The first kappa shape index (κ1) is 27.4. The van der Waals surface area contributed by atoms with Crippen molar-refractivity contribution in [3.8, 4) is 0 Å². The number of amides is 1. The molecule has 186 valence electrons. The Hall–Kier alpha value is -0.820. The number of carbonyl (C=O) groups excluding carboxylic acids is 1. The number of rotatable bonds is 7. The van der Waals surface area contributed by atoms with Crippen LogP contribution in [-0.2, 0) is 4.79 Å². The second-order valence-electron chi connectivity index (χ2n) is 8.89. The summed E-state index contributed by atoms with van der Waals surface area (Å²) in [5.41, 5.74) is 0. The van der Waals surface area contributed by atoms with Gasteiger partial charge in [0, 0.05) is 64.3 Å². The Morgan fingerprint density at radius 1 is 1.03 bits per heavy atom. The van der Waals surface area contributed by atoms with Crippen LogP contribution in [0.4, 0.5) is 13.2 Å². The molecule has 32 heavy (non-hydrogen) atoms. The van der Waals surface area contributed by atoms with E-state index in [-0.39, 0.29) is 35.9 Å². The van der Waals surface area contributed by atoms with Crippen LogP contribution in [-0.4, -0.2) is 104 Å². The first-order chi connectivity index (χ1) is 14.8. The third kappa shape index (κ3) is 8.85. The van der Waals surface area contributed by atoms with Gasteiger partial charge in [-0.05, 0) is 26.2 Å². The van der Waals surface area contributed by atoms with Crippen molar-refractivity contribution >= 4 is 35.8 Å². The van der Waals surface area contributed by atoms with Crippen LogP contribution >= 0.6 is 24.0 Å². The Balaban J connectivity index is 0.00000363. The van der Waals surface area contributed by atoms with Crippen LogP contribution in [0.2, 0.25) is 0 Å². The SMILES string of the molecule is CCNC(=NCCN1CCN(C(=O)C2CCCC2)CC1)NC1CCN(CC(F)(F)F)C1.I. The molecule has 3 rings (SSSR count). The molecule has 0 aromatic rings. The number of nitrogens with zero attached hydrogens (tertiary/aromatic N) is 4. The molecule has 2 heterocycles. The summed E-state index contributed by atoms with van der Waals surface area (Å²) in [6.45, 7) is 7.38. The van der Waals surface area contributed by atoms with Crippen molar-refractivity contribution in [2.75, 3.05) is 65.4 Å². The molecule has 1 atom stereocenters. The molecule has 11 heteroatoms. The van der Waals surface area contributed by atoms with E-state index in [1.165, 1.54) is 17.7 Å². The monoisotopic (exact) mass is 574 g/mol. The predicted molar refractivity (Wildman–Crippen MR) is 130 cm³/mol. The number of hydrogen-bond acceptors (Lipinski definition) is 4. The number of hydrogen-bond donors (Lipinski definition) is 2. The molecule has 0 spiro atoms. The maximum Gasteiger partial charge on any atom is 0.401 e. The molecule has 7 nitrogen and oxygen atoms in total. The lowest BCUT2D eigenvalue weighted by Gasteiger charge is -2.35. The van der Waals surface area contributed by atoms with Crippen LogP contribution in [0.5, 0.6) is 0 Å². The Kier molecular flexibility index (Phi) is 11.3. The second kappa shape index (κ2) is 13.2. The molecular weight excluding hydrogens is 536 g/mol. The quantitative estimate of drug-likeness (QED) is 0.277. The normalized spacial score (nSPS) is 23.9. The zero-order valence-corrected chi connectivity index (χ0v) is 21.3. The summed E-state index contributed by atoms with van der Waals surface area (Å²) < 4.78 is 37.8. The summed E-state index contributed by atoms with van der Waals surface area (Å²) in [6.07, 6.45) is 0.970. The van der Waals surface area contributed by atoms with Crippen LogP contribution in [0, 0.1) is 5.92 Å². The van der Waals surface area contributed by atoms with Gasteiger partial charge in [-0.1, -0.05) is 12.8 Å². The number of aliphatic imine (C=N–C) groups is 1. The van der Waals surface area contributed by atoms with E-state index in [0.717, 1.165) is 45.6 Å². The van der Waals surface area contributed by atoms with Crippen LogP contribution in [0.1, 0.15) is 39.0 Å². The molecule has 0 radical (unpaired) electrons. The fraction of sp³-hybridized carbons (Fsp3) is 0.905. The van der Waals surface area contributed by atoms with E-state index in [1.807, 2.05) is 11.8 Å². The smallest absolute Gasteiger partial charge is 0.357 e. The van der Waals surface area contributed by atoms with Crippen molar-refractivity contribution in [3.05, 3.63) is 0 Å². The Morgan fingerprint density at radius 3 is 2.34 bits per heavy atom. The van der Waals surface area contributed by atoms with E-state index in [9.17, 15) is 18.0 Å². The molecule has 1 saturated carbocycles. The number of carbonyl (C=O) groups is 1. The highest BCUT2D eigenvalue weighted by Gasteiger charge is 2.34. The highest BCUT2D eigenvalue weighted by Crippen LogP contribution is 2.27. The van der Waals surface area contributed by atoms with E-state index in [2.05, 4.69) is 20.5 Å². The lowest BCUT2D eigenvalue weighted by molar-refractivity contribution is -0.143. The topological polar surface area (TPSA) is 63.2 Å². The highest BCUT2D eigenvalue weighted by molar-refractivity contribution is 14.0. The van der Waals surface area contributed by atoms with E-state index < -0.39 is 12.7 Å². The zero-order valence-electron chi connectivity index (χ0n) is 19.0. The van der Waals surface area contributed by atoms with Gasteiger partial charge >= 0.3 is 6.18 Å². The largest absolute Gasteiger partial charge is 0.401 e. The van der Waals surface area contributed by atoms with E-state index >= 15 is 0 Å². The van der Waals surface area contributed by atoms with Gasteiger partial charge in [0.2, 0.25) is 5.91 Å². The van der Waals surface area contributed by atoms with Gasteiger partial charge in [-0.25, -0.2) is 0 Å². The van der Waals surface area contributed by atoms with E-state index in [0.29, 0.717) is 44.5 Å². The number of halogens is 4. The van der Waals surface area contributed by atoms with Gasteiger partial charge in [0.25, 0.3) is 0 Å². The molecule has 3 fully saturated rings. The molecule has 2 aliphatic heterocycles. The first-order valence-corrected chi connectivity index (χ1v) is 11.7. The summed E-state index contributed by atoms with van der Waals surface area (Å²) in [4.78, 5) is 23.0. The number of likely N-dealkylation sites (tertiary alicyclic amines) is 1. The van der Waals surface area contributed by atoms with Crippen LogP contribution < -0.4 is 10.6 Å². The minimum Gasteiger partial charge on any atom is -0.357 e. The Labute approximate surface area is 206 Å². The standard InChI is InChI=1S/C21H37F3N6O.HI/c1-2-25-20(27-18-7-9-29(15-18)16-21(22,23)24)26-8-10-28-11-13-30(14-12-28)19(31)17-5-3-4-6-17;/h17-18H,2-16H2,1H3,(H2,25,26,27);1H. The maximum atomic E-state index is 12.6. The van der Waals surface area contributed by atoms with Gasteiger partial charge in [-0.15, -0.1) is 24.0 Å². The minimum absolute atomic E-state index is 0. The van der Waals surface area contributed by atoms with Gasteiger partial charge in [0.05, 0.1) is 13.1 Å². The molecule has 1 amide bonds. The van der Waals surface area contributed by atoms with E-state index in [1.54, 1.807) is 0 Å². The fourth-order valence-electron chi connectivity index (χ4n) is 4.79. The van der Waals surface area contributed by atoms with Crippen LogP contribution in [0.3, 0.4) is 0 Å². The van der Waals surface area contributed by atoms with Gasteiger partial charge in [-0.3, -0.25) is 19.6 Å². The first-order valence-electron chi connectivity index (χ1n) is 11.7. The summed E-state index contributed by atoms with van der Waals surface area (Å²) in [6, 6.07) is -0.0229. The van der Waals surface area contributed by atoms with Crippen molar-refractivity contribution in [2.24, 2.45) is 10.9 Å². The van der Waals surface area contributed by atoms with Crippen molar-refractivity contribution in [2.45, 2.75) is 51.2 Å². The summed E-state index contributed by atoms with van der Waals surface area (Å²) in [5, 5.41) is 6.47. The summed E-state index contributed by atoms with van der Waals surface area (Å²) in [5.74, 6) is 1.24. The molecule has 2 N–H and O–H groups in total. The van der Waals surface area contributed by atoms with Crippen molar-refractivity contribution in [3.63, 3.8) is 0 Å². The van der Waals surface area contributed by atoms with Crippen molar-refractivity contribution in [1.82, 2.24) is 25.3 Å².